The number of rotatable bonds is 3. The Kier molecular flexibility index (Phi) is 3.58. The Bertz CT molecular complexity index is 526. The van der Waals surface area contributed by atoms with Crippen LogP contribution in [0.4, 0.5) is 0 Å². The Morgan fingerprint density at radius 1 is 1.53 bits per heavy atom. The van der Waals surface area contributed by atoms with Crippen molar-refractivity contribution in [3.8, 4) is 0 Å². The van der Waals surface area contributed by atoms with Crippen LogP contribution in [0, 0.1) is 0 Å². The van der Waals surface area contributed by atoms with Crippen molar-refractivity contribution in [1.82, 2.24) is 9.47 Å². The zero-order chi connectivity index (χ0) is 14.2. The van der Waals surface area contributed by atoms with Crippen molar-refractivity contribution in [2.75, 3.05) is 6.54 Å². The van der Waals surface area contributed by atoms with E-state index in [1.54, 1.807) is 30.8 Å². The molecule has 1 aromatic heterocycles. The number of likely N-dealkylation sites (tertiary alicyclic amines) is 1. The molecule has 0 radical (unpaired) electrons. The quantitative estimate of drug-likeness (QED) is 0.925. The van der Waals surface area contributed by atoms with Crippen LogP contribution in [0.25, 0.3) is 0 Å². The average molecular weight is 285 g/mol. The molecular formula is C13H17ClN2O3. The molecule has 0 bridgehead atoms. The summed E-state index contributed by atoms with van der Waals surface area (Å²) in [6.07, 6.45) is 3.26. The van der Waals surface area contributed by atoms with Gasteiger partial charge in [0, 0.05) is 19.8 Å². The van der Waals surface area contributed by atoms with E-state index in [9.17, 15) is 14.7 Å². The van der Waals surface area contributed by atoms with Gasteiger partial charge in [0.15, 0.2) is 0 Å². The fourth-order valence-electron chi connectivity index (χ4n) is 2.79. The van der Waals surface area contributed by atoms with Gasteiger partial charge in [0.25, 0.3) is 5.91 Å². The van der Waals surface area contributed by atoms with E-state index < -0.39 is 11.5 Å². The van der Waals surface area contributed by atoms with Crippen molar-refractivity contribution in [2.45, 2.75) is 31.7 Å². The lowest BCUT2D eigenvalue weighted by atomic mass is 9.93. The molecular weight excluding hydrogens is 268 g/mol. The van der Waals surface area contributed by atoms with E-state index in [0.29, 0.717) is 36.5 Å². The highest BCUT2D eigenvalue weighted by Gasteiger charge is 2.49. The minimum Gasteiger partial charge on any atom is -0.479 e. The van der Waals surface area contributed by atoms with Crippen LogP contribution in [0.1, 0.15) is 36.7 Å². The van der Waals surface area contributed by atoms with E-state index >= 15 is 0 Å². The van der Waals surface area contributed by atoms with E-state index in [-0.39, 0.29) is 5.91 Å². The second-order valence-electron chi connectivity index (χ2n) is 4.91. The monoisotopic (exact) mass is 284 g/mol. The van der Waals surface area contributed by atoms with Gasteiger partial charge in [-0.3, -0.25) is 4.79 Å². The molecule has 19 heavy (non-hydrogen) atoms. The summed E-state index contributed by atoms with van der Waals surface area (Å²) in [5.74, 6) is -1.20. The third-order valence-corrected chi connectivity index (χ3v) is 4.11. The third kappa shape index (κ3) is 2.12. The smallest absolute Gasteiger partial charge is 0.329 e. The molecule has 0 spiro atoms. The van der Waals surface area contributed by atoms with Gasteiger partial charge in [0.2, 0.25) is 0 Å². The number of carbonyl (C=O) groups excluding carboxylic acids is 1. The predicted molar refractivity (Wildman–Crippen MR) is 71.4 cm³/mol. The molecule has 1 aromatic rings. The van der Waals surface area contributed by atoms with Gasteiger partial charge in [-0.15, -0.1) is 0 Å². The fourth-order valence-corrected chi connectivity index (χ4v) is 3.04. The fraction of sp³-hybridized carbons (Fsp3) is 0.538. The van der Waals surface area contributed by atoms with Gasteiger partial charge in [-0.05, 0) is 25.3 Å². The number of halogens is 1. The Morgan fingerprint density at radius 2 is 2.21 bits per heavy atom. The maximum absolute atomic E-state index is 12.5. The molecule has 1 saturated heterocycles. The number of nitrogens with zero attached hydrogens (tertiary/aromatic N) is 2. The van der Waals surface area contributed by atoms with E-state index in [1.807, 2.05) is 0 Å². The molecule has 2 heterocycles. The highest BCUT2D eigenvalue weighted by Crippen LogP contribution is 2.34. The van der Waals surface area contributed by atoms with Crippen molar-refractivity contribution >= 4 is 23.5 Å². The minimum atomic E-state index is -1.08. The van der Waals surface area contributed by atoms with Gasteiger partial charge >= 0.3 is 5.97 Å². The predicted octanol–water partition coefficient (Wildman–Crippen LogP) is 2.15. The first-order chi connectivity index (χ1) is 8.92. The highest BCUT2D eigenvalue weighted by molar-refractivity contribution is 6.31. The van der Waals surface area contributed by atoms with Gasteiger partial charge in [-0.25, -0.2) is 4.79 Å². The molecule has 1 aliphatic heterocycles. The number of carboxylic acid groups (broad SMARTS) is 1. The Hall–Kier alpha value is -1.49. The number of amides is 1. The van der Waals surface area contributed by atoms with Crippen LogP contribution in [-0.2, 0) is 11.8 Å². The highest BCUT2D eigenvalue weighted by atomic mass is 35.5. The van der Waals surface area contributed by atoms with E-state index in [2.05, 4.69) is 0 Å². The second-order valence-corrected chi connectivity index (χ2v) is 5.34. The van der Waals surface area contributed by atoms with E-state index in [4.69, 9.17) is 11.6 Å². The lowest BCUT2D eigenvalue weighted by Crippen LogP contribution is -2.53. The zero-order valence-electron chi connectivity index (χ0n) is 11.0. The molecule has 1 fully saturated rings. The van der Waals surface area contributed by atoms with Gasteiger partial charge in [0.1, 0.15) is 11.2 Å². The Labute approximate surface area is 116 Å². The van der Waals surface area contributed by atoms with Crippen molar-refractivity contribution < 1.29 is 14.7 Å². The summed E-state index contributed by atoms with van der Waals surface area (Å²) >= 11 is 5.88. The molecule has 104 valence electrons. The molecule has 1 aliphatic rings. The standard InChI is InChI=1S/C13H17ClN2O3/c1-3-13(12(18)19)5-4-6-16(13)11(17)10-7-9(14)8-15(10)2/h7-8H,3-6H2,1-2H3,(H,18,19). The first kappa shape index (κ1) is 13.9. The second kappa shape index (κ2) is 4.89. The van der Waals surface area contributed by atoms with Crippen LogP contribution in [0.5, 0.6) is 0 Å². The SMILES string of the molecule is CCC1(C(=O)O)CCCN1C(=O)c1cc(Cl)cn1C. The summed E-state index contributed by atoms with van der Waals surface area (Å²) < 4.78 is 1.63. The lowest BCUT2D eigenvalue weighted by molar-refractivity contribution is -0.148. The minimum absolute atomic E-state index is 0.267. The number of aliphatic carboxylic acids is 1. The van der Waals surface area contributed by atoms with Gasteiger partial charge in [0.05, 0.1) is 5.02 Å². The van der Waals surface area contributed by atoms with Crippen LogP contribution in [-0.4, -0.2) is 38.5 Å². The number of carbonyl (C=O) groups is 2. The summed E-state index contributed by atoms with van der Waals surface area (Å²) in [4.78, 5) is 25.6. The van der Waals surface area contributed by atoms with E-state index in [1.165, 1.54) is 4.90 Å². The van der Waals surface area contributed by atoms with Crippen LogP contribution >= 0.6 is 11.6 Å². The van der Waals surface area contributed by atoms with Crippen molar-refractivity contribution in [1.29, 1.82) is 0 Å². The van der Waals surface area contributed by atoms with Crippen LogP contribution < -0.4 is 0 Å². The average Bonchev–Trinajstić information content (AvgIpc) is 2.92. The van der Waals surface area contributed by atoms with Gasteiger partial charge in [-0.2, -0.15) is 0 Å². The Morgan fingerprint density at radius 3 is 2.68 bits per heavy atom. The third-order valence-electron chi connectivity index (χ3n) is 3.91. The van der Waals surface area contributed by atoms with Gasteiger partial charge in [-0.1, -0.05) is 18.5 Å². The summed E-state index contributed by atoms with van der Waals surface area (Å²) in [7, 11) is 1.73. The first-order valence-electron chi connectivity index (χ1n) is 6.29. The van der Waals surface area contributed by atoms with Gasteiger partial charge < -0.3 is 14.6 Å². The molecule has 1 unspecified atom stereocenters. The molecule has 1 N–H and O–H groups in total. The molecule has 1 atom stereocenters. The number of aromatic nitrogens is 1. The molecule has 2 rings (SSSR count). The number of carboxylic acids is 1. The molecule has 5 nitrogen and oxygen atoms in total. The number of hydrogen-bond donors (Lipinski definition) is 1. The van der Waals surface area contributed by atoms with Crippen molar-refractivity contribution in [3.63, 3.8) is 0 Å². The normalized spacial score (nSPS) is 22.8. The van der Waals surface area contributed by atoms with Crippen LogP contribution in [0.2, 0.25) is 5.02 Å². The summed E-state index contributed by atoms with van der Waals surface area (Å²) in [6.45, 7) is 2.28. The maximum Gasteiger partial charge on any atom is 0.329 e. The largest absolute Gasteiger partial charge is 0.479 e. The topological polar surface area (TPSA) is 62.5 Å². The lowest BCUT2D eigenvalue weighted by Gasteiger charge is -2.33. The van der Waals surface area contributed by atoms with Crippen molar-refractivity contribution in [2.24, 2.45) is 7.05 Å². The molecule has 1 amide bonds. The molecule has 6 heteroatoms. The first-order valence-corrected chi connectivity index (χ1v) is 6.67. The van der Waals surface area contributed by atoms with Crippen molar-refractivity contribution in [3.05, 3.63) is 23.0 Å². The number of hydrogen-bond acceptors (Lipinski definition) is 2. The molecule has 0 aromatic carbocycles. The van der Waals surface area contributed by atoms with Crippen LogP contribution in [0.3, 0.4) is 0 Å². The van der Waals surface area contributed by atoms with E-state index in [0.717, 1.165) is 0 Å². The summed E-state index contributed by atoms with van der Waals surface area (Å²) in [5.41, 5.74) is -0.653. The summed E-state index contributed by atoms with van der Waals surface area (Å²) in [5, 5.41) is 9.95. The summed E-state index contributed by atoms with van der Waals surface area (Å²) in [6, 6.07) is 1.57. The number of aryl methyl sites for hydroxylation is 1. The van der Waals surface area contributed by atoms with Crippen LogP contribution in [0.15, 0.2) is 12.3 Å². The zero-order valence-corrected chi connectivity index (χ0v) is 11.8. The Balaban J connectivity index is 2.38. The maximum atomic E-state index is 12.5. The molecule has 0 saturated carbocycles. The molecule has 0 aliphatic carbocycles.